The summed E-state index contributed by atoms with van der Waals surface area (Å²) in [6.45, 7) is 3.97. The monoisotopic (exact) mass is 624 g/mol. The first-order chi connectivity index (χ1) is 21.5. The predicted octanol–water partition coefficient (Wildman–Crippen LogP) is 9.71. The molecule has 0 aromatic carbocycles. The largest absolute Gasteiger partial charge is 0.508 e. The van der Waals surface area contributed by atoms with Gasteiger partial charge in [0, 0.05) is 26.0 Å². The first-order valence-electron chi connectivity index (χ1n) is 18.0. The zero-order chi connectivity index (χ0) is 32.4. The zero-order valence-corrected chi connectivity index (χ0v) is 28.9. The summed E-state index contributed by atoms with van der Waals surface area (Å²) in [6.07, 6.45) is 32.1. The van der Waals surface area contributed by atoms with Gasteiger partial charge in [0.25, 0.3) is 0 Å². The minimum atomic E-state index is -0.630. The van der Waals surface area contributed by atoms with Gasteiger partial charge in [0.2, 0.25) is 0 Å². The molecule has 0 saturated heterocycles. The maximum absolute atomic E-state index is 12.2. The topological polar surface area (TPSA) is 85.3 Å². The molecule has 0 rings (SSSR count). The van der Waals surface area contributed by atoms with Gasteiger partial charge in [-0.05, 0) is 78.3 Å². The van der Waals surface area contributed by atoms with Crippen LogP contribution in [0.1, 0.15) is 155 Å². The third-order valence-corrected chi connectivity index (χ3v) is 7.70. The van der Waals surface area contributed by atoms with Gasteiger partial charge in [-0.1, -0.05) is 102 Å². The van der Waals surface area contributed by atoms with Gasteiger partial charge < -0.3 is 24.2 Å². The highest BCUT2D eigenvalue weighted by atomic mass is 16.7. The number of aliphatic hydroxyl groups excluding tert-OH is 1. The van der Waals surface area contributed by atoms with Crippen molar-refractivity contribution in [2.45, 2.75) is 161 Å². The summed E-state index contributed by atoms with van der Waals surface area (Å²) in [4.78, 5) is 26.5. The number of esters is 1. The van der Waals surface area contributed by atoms with Crippen molar-refractivity contribution >= 4 is 12.1 Å². The summed E-state index contributed by atoms with van der Waals surface area (Å²) in [5.74, 6) is -0.165. The van der Waals surface area contributed by atoms with E-state index >= 15 is 0 Å². The molecule has 0 saturated carbocycles. The van der Waals surface area contributed by atoms with E-state index in [1.54, 1.807) is 0 Å². The van der Waals surface area contributed by atoms with Crippen molar-refractivity contribution in [1.82, 2.24) is 4.90 Å². The van der Waals surface area contributed by atoms with Crippen LogP contribution in [-0.2, 0) is 19.0 Å². The Morgan fingerprint density at radius 1 is 0.659 bits per heavy atom. The van der Waals surface area contributed by atoms with Gasteiger partial charge in [0.1, 0.15) is 6.10 Å². The van der Waals surface area contributed by atoms with E-state index in [2.05, 4.69) is 31.2 Å². The number of hydrogen-bond donors (Lipinski definition) is 1. The van der Waals surface area contributed by atoms with Crippen molar-refractivity contribution in [2.24, 2.45) is 0 Å². The average molecular weight is 624 g/mol. The molecule has 0 aromatic heterocycles. The minimum absolute atomic E-state index is 0.165. The van der Waals surface area contributed by atoms with Crippen LogP contribution in [0.2, 0.25) is 0 Å². The average Bonchev–Trinajstić information content (AvgIpc) is 3.00. The van der Waals surface area contributed by atoms with Crippen molar-refractivity contribution < 1.29 is 28.9 Å². The van der Waals surface area contributed by atoms with Crippen LogP contribution in [0.3, 0.4) is 0 Å². The molecule has 7 heteroatoms. The summed E-state index contributed by atoms with van der Waals surface area (Å²) in [6, 6.07) is 0. The molecule has 0 fully saturated rings. The van der Waals surface area contributed by atoms with Gasteiger partial charge in [0.05, 0.1) is 13.2 Å². The summed E-state index contributed by atoms with van der Waals surface area (Å²) in [5.41, 5.74) is 0. The summed E-state index contributed by atoms with van der Waals surface area (Å²) in [5, 5.41) is 8.87. The smallest absolute Gasteiger partial charge is 0.466 e. The molecule has 1 N–H and O–H groups in total. The van der Waals surface area contributed by atoms with Crippen LogP contribution in [0, 0.1) is 0 Å². The number of hydrogen-bond acceptors (Lipinski definition) is 7. The van der Waals surface area contributed by atoms with Crippen LogP contribution in [0.25, 0.3) is 0 Å². The number of allylic oxidation sites excluding steroid dienone is 4. The molecule has 0 aromatic rings. The van der Waals surface area contributed by atoms with Gasteiger partial charge >= 0.3 is 12.1 Å². The molecule has 0 aliphatic carbocycles. The van der Waals surface area contributed by atoms with E-state index in [0.29, 0.717) is 19.4 Å². The normalized spacial score (nSPS) is 12.4. The number of carbonyl (C=O) groups is 2. The van der Waals surface area contributed by atoms with Crippen LogP contribution < -0.4 is 0 Å². The van der Waals surface area contributed by atoms with Crippen LogP contribution in [0.15, 0.2) is 24.3 Å². The Morgan fingerprint density at radius 3 is 1.89 bits per heavy atom. The van der Waals surface area contributed by atoms with Gasteiger partial charge in [-0.25, -0.2) is 4.79 Å². The Kier molecular flexibility index (Phi) is 32.6. The lowest BCUT2D eigenvalue weighted by molar-refractivity contribution is -0.144. The van der Waals surface area contributed by atoms with Crippen molar-refractivity contribution in [3.8, 4) is 0 Å². The highest BCUT2D eigenvalue weighted by Crippen LogP contribution is 2.15. The lowest BCUT2D eigenvalue weighted by Crippen LogP contribution is -2.23. The molecule has 1 atom stereocenters. The predicted molar refractivity (Wildman–Crippen MR) is 183 cm³/mol. The highest BCUT2D eigenvalue weighted by molar-refractivity contribution is 5.69. The number of rotatable bonds is 32. The number of unbranched alkanes of at least 4 members (excludes halogenated alkanes) is 15. The molecule has 258 valence electrons. The molecule has 0 amide bonds. The Labute approximate surface area is 271 Å². The maximum Gasteiger partial charge on any atom is 0.508 e. The summed E-state index contributed by atoms with van der Waals surface area (Å²) in [7, 11) is 3.97. The van der Waals surface area contributed by atoms with E-state index in [1.165, 1.54) is 57.8 Å². The lowest BCUT2D eigenvalue weighted by Gasteiger charge is -2.18. The second kappa shape index (κ2) is 34.0. The van der Waals surface area contributed by atoms with Gasteiger partial charge in [-0.3, -0.25) is 4.79 Å². The van der Waals surface area contributed by atoms with Crippen molar-refractivity contribution in [3.63, 3.8) is 0 Å². The molecular weight excluding hydrogens is 554 g/mol. The van der Waals surface area contributed by atoms with Crippen molar-refractivity contribution in [1.29, 1.82) is 0 Å². The van der Waals surface area contributed by atoms with Crippen LogP contribution in [0.5, 0.6) is 0 Å². The fourth-order valence-electron chi connectivity index (χ4n) is 4.97. The van der Waals surface area contributed by atoms with Crippen molar-refractivity contribution in [3.05, 3.63) is 24.3 Å². The third-order valence-electron chi connectivity index (χ3n) is 7.70. The van der Waals surface area contributed by atoms with E-state index in [0.717, 1.165) is 83.6 Å². The Bertz CT molecular complexity index is 693. The molecule has 7 nitrogen and oxygen atoms in total. The molecule has 44 heavy (non-hydrogen) atoms. The first kappa shape index (κ1) is 42.1. The molecular formula is C37H69NO6. The number of ether oxygens (including phenoxy) is 3. The molecule has 0 spiro atoms. The SMILES string of the molecule is CCCCC/C=C\C/C=C\CCCCCCCC(=O)OCCC(CCCCCCCCCCO)OC(=O)OCCCN(C)C. The van der Waals surface area contributed by atoms with E-state index in [9.17, 15) is 9.59 Å². The van der Waals surface area contributed by atoms with Gasteiger partial charge in [-0.2, -0.15) is 0 Å². The fraction of sp³-hybridized carbons (Fsp3) is 0.838. The second-order valence-electron chi connectivity index (χ2n) is 12.3. The van der Waals surface area contributed by atoms with Crippen LogP contribution in [0.4, 0.5) is 4.79 Å². The fourth-order valence-corrected chi connectivity index (χ4v) is 4.97. The van der Waals surface area contributed by atoms with Crippen LogP contribution >= 0.6 is 0 Å². The van der Waals surface area contributed by atoms with Crippen LogP contribution in [-0.4, -0.2) is 68.7 Å². The van der Waals surface area contributed by atoms with E-state index < -0.39 is 6.16 Å². The standard InChI is InChI=1S/C37H69NO6/c1-4-5-6-7-8-9-10-11-12-13-14-15-19-22-25-29-36(40)42-34-30-35(44-37(41)43-33-27-31-38(2)3)28-24-21-18-16-17-20-23-26-32-39/h8-9,11-12,35,39H,4-7,10,13-34H2,1-3H3/b9-8-,12-11-. The molecule has 0 bridgehead atoms. The maximum atomic E-state index is 12.2. The Balaban J connectivity index is 4.06. The first-order valence-corrected chi connectivity index (χ1v) is 18.0. The molecule has 0 heterocycles. The molecule has 0 radical (unpaired) electrons. The van der Waals surface area contributed by atoms with Crippen molar-refractivity contribution in [2.75, 3.05) is 40.5 Å². The quantitative estimate of drug-likeness (QED) is 0.0453. The summed E-state index contributed by atoms with van der Waals surface area (Å²) >= 11 is 0. The Hall–Kier alpha value is -1.86. The highest BCUT2D eigenvalue weighted by Gasteiger charge is 2.16. The zero-order valence-electron chi connectivity index (χ0n) is 28.9. The number of aliphatic hydroxyl groups is 1. The second-order valence-corrected chi connectivity index (χ2v) is 12.3. The van der Waals surface area contributed by atoms with E-state index in [1.807, 2.05) is 19.0 Å². The minimum Gasteiger partial charge on any atom is -0.466 e. The van der Waals surface area contributed by atoms with E-state index in [-0.39, 0.29) is 25.3 Å². The summed E-state index contributed by atoms with van der Waals surface area (Å²) < 4.78 is 16.3. The third kappa shape index (κ3) is 33.0. The number of nitrogens with zero attached hydrogens (tertiary/aromatic N) is 1. The number of carbonyl (C=O) groups excluding carboxylic acids is 2. The van der Waals surface area contributed by atoms with Gasteiger partial charge in [-0.15, -0.1) is 0 Å². The molecule has 0 aliphatic heterocycles. The molecule has 0 aliphatic rings. The van der Waals surface area contributed by atoms with E-state index in [4.69, 9.17) is 19.3 Å². The molecule has 1 unspecified atom stereocenters. The van der Waals surface area contributed by atoms with Gasteiger partial charge in [0.15, 0.2) is 0 Å². The Morgan fingerprint density at radius 2 is 1.25 bits per heavy atom. The lowest BCUT2D eigenvalue weighted by atomic mass is 10.0.